The summed E-state index contributed by atoms with van der Waals surface area (Å²) in [5.41, 5.74) is 7.12. The van der Waals surface area contributed by atoms with Gasteiger partial charge in [0.2, 0.25) is 5.91 Å². The molecule has 0 spiro atoms. The Balaban J connectivity index is 2.08. The fourth-order valence-corrected chi connectivity index (χ4v) is 2.54. The predicted octanol–water partition coefficient (Wildman–Crippen LogP) is 1.25. The molecule has 0 atom stereocenters. The highest BCUT2D eigenvalue weighted by Crippen LogP contribution is 2.25. The van der Waals surface area contributed by atoms with E-state index in [4.69, 9.17) is 5.73 Å². The Morgan fingerprint density at radius 3 is 2.68 bits per heavy atom. The lowest BCUT2D eigenvalue weighted by atomic mass is 9.96. The molecule has 0 aliphatic carbocycles. The van der Waals surface area contributed by atoms with E-state index in [1.807, 2.05) is 13.1 Å². The predicted molar refractivity (Wildman–Crippen MR) is 73.3 cm³/mol. The van der Waals surface area contributed by atoms with Crippen molar-refractivity contribution in [3.63, 3.8) is 0 Å². The van der Waals surface area contributed by atoms with E-state index in [0.717, 1.165) is 37.2 Å². The van der Waals surface area contributed by atoms with E-state index in [9.17, 15) is 9.18 Å². The van der Waals surface area contributed by atoms with Gasteiger partial charge in [-0.25, -0.2) is 4.39 Å². The second-order valence-electron chi connectivity index (χ2n) is 5.01. The van der Waals surface area contributed by atoms with Crippen molar-refractivity contribution in [2.75, 3.05) is 25.0 Å². The highest BCUT2D eigenvalue weighted by Gasteiger charge is 2.23. The fraction of sp³-hybridized carbons (Fsp3) is 0.500. The van der Waals surface area contributed by atoms with E-state index in [-0.39, 0.29) is 17.6 Å². The first-order valence-corrected chi connectivity index (χ1v) is 6.58. The molecule has 104 valence electrons. The second kappa shape index (κ2) is 6.02. The molecule has 3 N–H and O–H groups in total. The van der Waals surface area contributed by atoms with Crippen LogP contribution in [0.2, 0.25) is 0 Å². The van der Waals surface area contributed by atoms with E-state index in [2.05, 4.69) is 10.2 Å². The summed E-state index contributed by atoms with van der Waals surface area (Å²) in [5, 5.41) is 3.02. The van der Waals surface area contributed by atoms with Gasteiger partial charge in [-0.05, 0) is 43.7 Å². The van der Waals surface area contributed by atoms with Crippen LogP contribution in [-0.4, -0.2) is 26.0 Å². The largest absolute Gasteiger partial charge is 0.371 e. The van der Waals surface area contributed by atoms with Gasteiger partial charge in [0.05, 0.1) is 0 Å². The molecule has 5 heteroatoms. The molecule has 0 saturated carbocycles. The van der Waals surface area contributed by atoms with Gasteiger partial charge in [-0.1, -0.05) is 0 Å². The van der Waals surface area contributed by atoms with E-state index < -0.39 is 0 Å². The van der Waals surface area contributed by atoms with Crippen LogP contribution in [0, 0.1) is 11.7 Å². The Hall–Kier alpha value is -1.62. The molecule has 0 aromatic heterocycles. The summed E-state index contributed by atoms with van der Waals surface area (Å²) >= 11 is 0. The van der Waals surface area contributed by atoms with Crippen molar-refractivity contribution in [2.45, 2.75) is 19.4 Å². The lowest BCUT2D eigenvalue weighted by Gasteiger charge is -2.32. The maximum Gasteiger partial charge on any atom is 0.220 e. The highest BCUT2D eigenvalue weighted by molar-refractivity contribution is 5.77. The molecule has 0 unspecified atom stereocenters. The van der Waals surface area contributed by atoms with Crippen LogP contribution < -0.4 is 16.0 Å². The standard InChI is InChI=1S/C14H20FN3O/c1-17-9-10-6-12(15)8-13(7-10)18-4-2-11(3-5-18)14(16)19/h6-8,11,17H,2-5,9H2,1H3,(H2,16,19). The quantitative estimate of drug-likeness (QED) is 0.861. The van der Waals surface area contributed by atoms with Gasteiger partial charge in [0.15, 0.2) is 0 Å². The Bertz CT molecular complexity index is 456. The average molecular weight is 265 g/mol. The van der Waals surface area contributed by atoms with Crippen LogP contribution in [0.1, 0.15) is 18.4 Å². The number of carbonyl (C=O) groups excluding carboxylic acids is 1. The highest BCUT2D eigenvalue weighted by atomic mass is 19.1. The van der Waals surface area contributed by atoms with Gasteiger partial charge in [0.1, 0.15) is 5.82 Å². The molecule has 1 saturated heterocycles. The summed E-state index contributed by atoms with van der Waals surface area (Å²) in [6, 6.07) is 5.07. The minimum absolute atomic E-state index is 0.0402. The number of carbonyl (C=O) groups is 1. The van der Waals surface area contributed by atoms with Crippen LogP contribution in [0.15, 0.2) is 18.2 Å². The van der Waals surface area contributed by atoms with Crippen molar-refractivity contribution in [2.24, 2.45) is 11.7 Å². The third-order valence-corrected chi connectivity index (χ3v) is 3.59. The molecule has 1 amide bonds. The zero-order valence-electron chi connectivity index (χ0n) is 11.2. The first-order valence-electron chi connectivity index (χ1n) is 6.58. The summed E-state index contributed by atoms with van der Waals surface area (Å²) in [6.07, 6.45) is 1.49. The van der Waals surface area contributed by atoms with Gasteiger partial charge in [0.25, 0.3) is 0 Å². The number of benzene rings is 1. The Morgan fingerprint density at radius 1 is 1.42 bits per heavy atom. The summed E-state index contributed by atoms with van der Waals surface area (Å²) in [7, 11) is 1.84. The van der Waals surface area contributed by atoms with Gasteiger partial charge in [-0.2, -0.15) is 0 Å². The lowest BCUT2D eigenvalue weighted by Crippen LogP contribution is -2.38. The Morgan fingerprint density at radius 2 is 2.11 bits per heavy atom. The Kier molecular flexibility index (Phi) is 4.37. The molecule has 1 aliphatic rings. The molecule has 1 aromatic rings. The molecule has 1 heterocycles. The lowest BCUT2D eigenvalue weighted by molar-refractivity contribution is -0.122. The smallest absolute Gasteiger partial charge is 0.220 e. The van der Waals surface area contributed by atoms with Crippen molar-refractivity contribution in [1.29, 1.82) is 0 Å². The molecular formula is C14H20FN3O. The number of hydrogen-bond donors (Lipinski definition) is 2. The molecule has 0 radical (unpaired) electrons. The van der Waals surface area contributed by atoms with Gasteiger partial charge >= 0.3 is 0 Å². The number of nitrogens with two attached hydrogens (primary N) is 1. The van der Waals surface area contributed by atoms with Crippen LogP contribution in [-0.2, 0) is 11.3 Å². The van der Waals surface area contributed by atoms with Gasteiger partial charge < -0.3 is 16.0 Å². The number of piperidine rings is 1. The molecular weight excluding hydrogens is 245 g/mol. The summed E-state index contributed by atoms with van der Waals surface area (Å²) < 4.78 is 13.6. The second-order valence-corrected chi connectivity index (χ2v) is 5.01. The minimum atomic E-state index is -0.227. The third-order valence-electron chi connectivity index (χ3n) is 3.59. The summed E-state index contributed by atoms with van der Waals surface area (Å²) in [6.45, 7) is 2.13. The van der Waals surface area contributed by atoms with E-state index >= 15 is 0 Å². The molecule has 1 fully saturated rings. The van der Waals surface area contributed by atoms with Crippen LogP contribution in [0.4, 0.5) is 10.1 Å². The van der Waals surface area contributed by atoms with Crippen molar-refractivity contribution in [3.8, 4) is 0 Å². The van der Waals surface area contributed by atoms with Crippen molar-refractivity contribution in [3.05, 3.63) is 29.6 Å². The topological polar surface area (TPSA) is 58.4 Å². The van der Waals surface area contributed by atoms with E-state index in [1.165, 1.54) is 6.07 Å². The number of hydrogen-bond acceptors (Lipinski definition) is 3. The number of halogens is 1. The monoisotopic (exact) mass is 265 g/mol. The van der Waals surface area contributed by atoms with Gasteiger partial charge in [0, 0.05) is 31.2 Å². The van der Waals surface area contributed by atoms with Crippen LogP contribution in [0.5, 0.6) is 0 Å². The Labute approximate surface area is 112 Å². The fourth-order valence-electron chi connectivity index (χ4n) is 2.54. The normalized spacial score (nSPS) is 16.6. The maximum absolute atomic E-state index is 13.6. The molecule has 4 nitrogen and oxygen atoms in total. The maximum atomic E-state index is 13.6. The van der Waals surface area contributed by atoms with Crippen LogP contribution in [0.25, 0.3) is 0 Å². The van der Waals surface area contributed by atoms with E-state index in [1.54, 1.807) is 6.07 Å². The zero-order valence-corrected chi connectivity index (χ0v) is 11.2. The van der Waals surface area contributed by atoms with Crippen molar-refractivity contribution >= 4 is 11.6 Å². The number of primary amides is 1. The van der Waals surface area contributed by atoms with Crippen molar-refractivity contribution < 1.29 is 9.18 Å². The van der Waals surface area contributed by atoms with E-state index in [0.29, 0.717) is 6.54 Å². The average Bonchev–Trinajstić information content (AvgIpc) is 2.38. The molecule has 19 heavy (non-hydrogen) atoms. The minimum Gasteiger partial charge on any atom is -0.371 e. The summed E-state index contributed by atoms with van der Waals surface area (Å²) in [5.74, 6) is -0.490. The number of nitrogens with zero attached hydrogens (tertiary/aromatic N) is 1. The number of anilines is 1. The first kappa shape index (κ1) is 13.8. The third kappa shape index (κ3) is 3.44. The van der Waals surface area contributed by atoms with Gasteiger partial charge in [-0.3, -0.25) is 4.79 Å². The molecule has 0 bridgehead atoms. The number of amides is 1. The number of nitrogens with one attached hydrogen (secondary N) is 1. The number of rotatable bonds is 4. The molecule has 1 aliphatic heterocycles. The van der Waals surface area contributed by atoms with Crippen LogP contribution >= 0.6 is 0 Å². The zero-order chi connectivity index (χ0) is 13.8. The molecule has 2 rings (SSSR count). The molecule has 1 aromatic carbocycles. The summed E-state index contributed by atoms with van der Waals surface area (Å²) in [4.78, 5) is 13.2. The SMILES string of the molecule is CNCc1cc(F)cc(N2CCC(C(N)=O)CC2)c1. The van der Waals surface area contributed by atoms with Crippen LogP contribution in [0.3, 0.4) is 0 Å². The van der Waals surface area contributed by atoms with Crippen molar-refractivity contribution in [1.82, 2.24) is 5.32 Å². The first-order chi connectivity index (χ1) is 9.10. The van der Waals surface area contributed by atoms with Gasteiger partial charge in [-0.15, -0.1) is 0 Å².